The van der Waals surface area contributed by atoms with Gasteiger partial charge in [0.15, 0.2) is 12.1 Å². The third kappa shape index (κ3) is 8.91. The first-order valence-corrected chi connectivity index (χ1v) is 21.0. The summed E-state index contributed by atoms with van der Waals surface area (Å²) in [6.07, 6.45) is 9.09. The molecule has 3 saturated heterocycles. The van der Waals surface area contributed by atoms with Gasteiger partial charge in [-0.1, -0.05) is 71.4 Å². The second-order valence-corrected chi connectivity index (χ2v) is 17.7. The zero-order valence-electron chi connectivity index (χ0n) is 35.3. The highest BCUT2D eigenvalue weighted by atomic mass is 16.7. The second kappa shape index (κ2) is 18.3. The quantitative estimate of drug-likeness (QED) is 0.164. The van der Waals surface area contributed by atoms with Crippen LogP contribution in [0.1, 0.15) is 87.0 Å². The monoisotopic (exact) mass is 804 g/mol. The van der Waals surface area contributed by atoms with Crippen LogP contribution in [0.25, 0.3) is 0 Å². The largest absolute Gasteiger partial charge is 0.462 e. The summed E-state index contributed by atoms with van der Waals surface area (Å²) in [6.45, 7) is 13.9. The number of rotatable bonds is 9. The molecule has 0 aromatic heterocycles. The Hall–Kier alpha value is -2.01. The zero-order chi connectivity index (χ0) is 41.3. The molecule has 13 heteroatoms. The molecule has 1 aliphatic carbocycles. The van der Waals surface area contributed by atoms with E-state index in [1.165, 1.54) is 0 Å². The molecule has 4 fully saturated rings. The molecular formula is C44H68O13. The topological polar surface area (TPSA) is 161 Å². The summed E-state index contributed by atoms with van der Waals surface area (Å²) >= 11 is 0. The number of carbonyl (C=O) groups excluding carboxylic acids is 1. The maximum Gasteiger partial charge on any atom is 0.306 e. The summed E-state index contributed by atoms with van der Waals surface area (Å²) < 4.78 is 56.2. The maximum atomic E-state index is 14.0. The molecule has 5 heterocycles. The Bertz CT molecular complexity index is 1510. The van der Waals surface area contributed by atoms with E-state index in [0.717, 1.165) is 12.0 Å². The first kappa shape index (κ1) is 44.5. The minimum absolute atomic E-state index is 0.0605. The lowest BCUT2D eigenvalue weighted by Gasteiger charge is -2.48. The first-order chi connectivity index (χ1) is 27.1. The van der Waals surface area contributed by atoms with Gasteiger partial charge in [-0.05, 0) is 43.4 Å². The highest BCUT2D eigenvalue weighted by Gasteiger charge is 2.69. The number of aliphatic hydroxyl groups is 3. The van der Waals surface area contributed by atoms with Gasteiger partial charge in [-0.15, -0.1) is 0 Å². The van der Waals surface area contributed by atoms with Gasteiger partial charge in [0.05, 0.1) is 56.3 Å². The van der Waals surface area contributed by atoms with Crippen LogP contribution in [-0.4, -0.2) is 128 Å². The molecule has 0 aromatic carbocycles. The molecule has 2 bridgehead atoms. The van der Waals surface area contributed by atoms with Gasteiger partial charge in [0.1, 0.15) is 30.7 Å². The Morgan fingerprint density at radius 3 is 2.54 bits per heavy atom. The molecule has 17 atom stereocenters. The van der Waals surface area contributed by atoms with Crippen molar-refractivity contribution < 1.29 is 62.7 Å². The van der Waals surface area contributed by atoms with Crippen molar-refractivity contribution in [1.29, 1.82) is 0 Å². The molecule has 0 amide bonds. The molecule has 3 N–H and O–H groups in total. The number of aliphatic hydroxyl groups excluding tert-OH is 2. The van der Waals surface area contributed by atoms with E-state index in [-0.39, 0.29) is 68.1 Å². The number of carbonyl (C=O) groups is 1. The Kier molecular flexibility index (Phi) is 14.3. The van der Waals surface area contributed by atoms with Crippen molar-refractivity contribution >= 4 is 5.97 Å². The van der Waals surface area contributed by atoms with Gasteiger partial charge in [-0.2, -0.15) is 0 Å². The fourth-order valence-electron chi connectivity index (χ4n) is 10.1. The van der Waals surface area contributed by atoms with E-state index in [1.807, 2.05) is 32.1 Å². The first-order valence-electron chi connectivity index (χ1n) is 21.0. The molecule has 1 spiro atoms. The average molecular weight is 805 g/mol. The SMILES string of the molecule is CC[C@H](C)[C@H]1O[C@]2(C=C[C@@H]1C)C[C@@H]1C[C@@H](C/C=C(/C)[C@@H](O[C@H]3C[C@H](OC)[C@@H](OCOC)[C@H](C)O3)[C@@H](C)/C=C\C=C3\CO[C@@H]4[C@H](O)[C@](C)(CO)[C@H](CC(=O)O1)[C@]34O)O2. The van der Waals surface area contributed by atoms with Crippen molar-refractivity contribution in [2.75, 3.05) is 34.2 Å². The molecule has 0 unspecified atom stereocenters. The van der Waals surface area contributed by atoms with Gasteiger partial charge in [0.25, 0.3) is 0 Å². The van der Waals surface area contributed by atoms with E-state index < -0.39 is 66.0 Å². The highest BCUT2D eigenvalue weighted by Crippen LogP contribution is 2.57. The minimum Gasteiger partial charge on any atom is -0.462 e. The smallest absolute Gasteiger partial charge is 0.306 e. The van der Waals surface area contributed by atoms with Gasteiger partial charge >= 0.3 is 5.97 Å². The van der Waals surface area contributed by atoms with Crippen LogP contribution in [0.2, 0.25) is 0 Å². The Balaban J connectivity index is 1.36. The van der Waals surface area contributed by atoms with E-state index in [0.29, 0.717) is 31.3 Å². The number of methoxy groups -OCH3 is 2. The summed E-state index contributed by atoms with van der Waals surface area (Å²) in [5.41, 5.74) is -1.47. The van der Waals surface area contributed by atoms with Crippen LogP contribution in [0.4, 0.5) is 0 Å². The number of hydrogen-bond acceptors (Lipinski definition) is 13. The summed E-state index contributed by atoms with van der Waals surface area (Å²) in [6, 6.07) is 0. The van der Waals surface area contributed by atoms with E-state index in [2.05, 4.69) is 39.8 Å². The third-order valence-electron chi connectivity index (χ3n) is 13.7. The summed E-state index contributed by atoms with van der Waals surface area (Å²) in [7, 11) is 3.23. The predicted molar refractivity (Wildman–Crippen MR) is 209 cm³/mol. The Morgan fingerprint density at radius 2 is 1.84 bits per heavy atom. The second-order valence-electron chi connectivity index (χ2n) is 17.7. The number of ether oxygens (including phenoxy) is 9. The molecular weight excluding hydrogens is 736 g/mol. The van der Waals surface area contributed by atoms with E-state index >= 15 is 0 Å². The number of fused-ring (bicyclic) bond motifs is 2. The Morgan fingerprint density at radius 1 is 1.07 bits per heavy atom. The predicted octanol–water partition coefficient (Wildman–Crippen LogP) is 4.91. The maximum absolute atomic E-state index is 14.0. The summed E-state index contributed by atoms with van der Waals surface area (Å²) in [5.74, 6) is -2.24. The summed E-state index contributed by atoms with van der Waals surface area (Å²) in [5, 5.41) is 34.7. The molecule has 57 heavy (non-hydrogen) atoms. The van der Waals surface area contributed by atoms with Gasteiger partial charge in [-0.3, -0.25) is 4.79 Å². The number of esters is 1. The van der Waals surface area contributed by atoms with Crippen LogP contribution in [0.5, 0.6) is 0 Å². The third-order valence-corrected chi connectivity index (χ3v) is 13.7. The molecule has 6 aliphatic rings. The van der Waals surface area contributed by atoms with Crippen LogP contribution < -0.4 is 0 Å². The van der Waals surface area contributed by atoms with E-state index in [4.69, 9.17) is 42.6 Å². The number of allylic oxidation sites excluding steroid dienone is 2. The van der Waals surface area contributed by atoms with Crippen molar-refractivity contribution in [3.05, 3.63) is 47.6 Å². The fraction of sp³-hybridized carbons (Fsp3) is 0.795. The van der Waals surface area contributed by atoms with Crippen LogP contribution in [0, 0.1) is 29.1 Å². The molecule has 322 valence electrons. The molecule has 5 aliphatic heterocycles. The van der Waals surface area contributed by atoms with Crippen molar-refractivity contribution in [2.24, 2.45) is 29.1 Å². The van der Waals surface area contributed by atoms with E-state index in [9.17, 15) is 20.1 Å². The van der Waals surface area contributed by atoms with Crippen LogP contribution in [-0.2, 0) is 47.4 Å². The normalized spacial score (nSPS) is 48.3. The number of hydrogen-bond donors (Lipinski definition) is 3. The summed E-state index contributed by atoms with van der Waals surface area (Å²) in [4.78, 5) is 14.0. The molecule has 6 rings (SSSR count). The van der Waals surface area contributed by atoms with Gasteiger partial charge in [0.2, 0.25) is 0 Å². The van der Waals surface area contributed by atoms with Crippen LogP contribution in [0.15, 0.2) is 47.6 Å². The van der Waals surface area contributed by atoms with Gasteiger partial charge in [0, 0.05) is 56.7 Å². The van der Waals surface area contributed by atoms with Gasteiger partial charge < -0.3 is 58.0 Å². The van der Waals surface area contributed by atoms with E-state index in [1.54, 1.807) is 27.2 Å². The lowest BCUT2D eigenvalue weighted by molar-refractivity contribution is -0.300. The van der Waals surface area contributed by atoms with Crippen molar-refractivity contribution in [2.45, 2.75) is 160 Å². The van der Waals surface area contributed by atoms with Crippen molar-refractivity contribution in [3.8, 4) is 0 Å². The van der Waals surface area contributed by atoms with Gasteiger partial charge in [-0.25, -0.2) is 0 Å². The van der Waals surface area contributed by atoms with Crippen LogP contribution in [0.3, 0.4) is 0 Å². The standard InChI is InChI=1S/C44H68O13/c1-10-25(2)38-28(5)16-17-43(57-38)21-32-18-31(56-43)15-14-27(4)37(55-36-19-33(50-9)39(29(6)53-36)52-24-49-8)26(3)12-11-13-30-22-51-41-40(47)42(7,23-45)34(44(30,41)48)20-35(46)54-32/h11-14,16-17,25-26,28-29,31-34,36-41,45,47-48H,10,15,18-24H2,1-9H3/b12-11-,27-14-,30-13-/t25-,26-,28-,29-,31+,32-,33-,34-,36-,37-,38+,39-,40-,41+,42+,43+,44+/m0/s1. The van der Waals surface area contributed by atoms with Crippen molar-refractivity contribution in [1.82, 2.24) is 0 Å². The fourth-order valence-corrected chi connectivity index (χ4v) is 10.1. The lowest BCUT2D eigenvalue weighted by Crippen LogP contribution is -2.53. The lowest BCUT2D eigenvalue weighted by atomic mass is 9.71. The molecule has 0 aromatic rings. The van der Waals surface area contributed by atoms with Crippen molar-refractivity contribution in [3.63, 3.8) is 0 Å². The molecule has 13 nitrogen and oxygen atoms in total. The Labute approximate surface area is 338 Å². The van der Waals surface area contributed by atoms with Crippen LogP contribution >= 0.6 is 0 Å². The minimum atomic E-state index is -1.72. The average Bonchev–Trinajstić information content (AvgIpc) is 3.59. The molecule has 0 radical (unpaired) electrons. The molecule has 1 saturated carbocycles. The highest BCUT2D eigenvalue weighted by molar-refractivity contribution is 5.71. The zero-order valence-corrected chi connectivity index (χ0v) is 35.3.